The van der Waals surface area contributed by atoms with Crippen LogP contribution >= 0.6 is 11.6 Å². The first-order valence-corrected chi connectivity index (χ1v) is 7.16. The fourth-order valence-corrected chi connectivity index (χ4v) is 3.24. The van der Waals surface area contributed by atoms with Gasteiger partial charge < -0.3 is 10.0 Å². The number of hydrogen-bond donors (Lipinski definition) is 1. The van der Waals surface area contributed by atoms with Gasteiger partial charge in [-0.05, 0) is 30.4 Å². The van der Waals surface area contributed by atoms with Crippen LogP contribution < -0.4 is 4.90 Å². The Hall–Kier alpha value is -1.50. The van der Waals surface area contributed by atoms with Crippen LogP contribution in [0.5, 0.6) is 0 Å². The van der Waals surface area contributed by atoms with Crippen LogP contribution in [-0.4, -0.2) is 34.1 Å². The Morgan fingerprint density at radius 1 is 1.48 bits per heavy atom. The minimum atomic E-state index is -2.96. The Labute approximate surface area is 124 Å². The fraction of sp³-hybridized carbons (Fsp3) is 0.615. The van der Waals surface area contributed by atoms with Gasteiger partial charge in [-0.1, -0.05) is 0 Å². The molecule has 0 spiro atoms. The third-order valence-electron chi connectivity index (χ3n) is 4.04. The molecule has 1 aliphatic carbocycles. The minimum Gasteiger partial charge on any atom is -0.481 e. The molecule has 1 N–H and O–H groups in total. The summed E-state index contributed by atoms with van der Waals surface area (Å²) in [5, 5.41) is 8.65. The lowest BCUT2D eigenvalue weighted by Gasteiger charge is -2.20. The van der Waals surface area contributed by atoms with Gasteiger partial charge in [-0.2, -0.15) is 8.78 Å². The highest BCUT2D eigenvalue weighted by atomic mass is 35.5. The van der Waals surface area contributed by atoms with Crippen molar-refractivity contribution in [3.05, 3.63) is 16.5 Å². The molecule has 8 heteroatoms. The van der Waals surface area contributed by atoms with Crippen LogP contribution in [0, 0.1) is 5.92 Å². The molecule has 0 bridgehead atoms. The Morgan fingerprint density at radius 3 is 2.95 bits per heavy atom. The number of carboxylic acid groups (broad SMARTS) is 1. The summed E-state index contributed by atoms with van der Waals surface area (Å²) in [7, 11) is 0. The molecule has 1 aromatic heterocycles. The van der Waals surface area contributed by atoms with Gasteiger partial charge in [0.2, 0.25) is 5.28 Å². The fourth-order valence-electron chi connectivity index (χ4n) is 3.08. The van der Waals surface area contributed by atoms with E-state index in [1.165, 1.54) is 0 Å². The number of anilines is 1. The second-order valence-corrected chi connectivity index (χ2v) is 5.88. The summed E-state index contributed by atoms with van der Waals surface area (Å²) < 4.78 is 27.6. The predicted molar refractivity (Wildman–Crippen MR) is 71.8 cm³/mol. The highest BCUT2D eigenvalue weighted by Gasteiger charge is 2.44. The summed E-state index contributed by atoms with van der Waals surface area (Å²) in [5.74, 6) is -3.36. The van der Waals surface area contributed by atoms with E-state index in [9.17, 15) is 13.6 Å². The smallest absolute Gasteiger partial charge is 0.303 e. The topological polar surface area (TPSA) is 66.3 Å². The zero-order valence-corrected chi connectivity index (χ0v) is 11.9. The molecule has 0 aromatic carbocycles. The summed E-state index contributed by atoms with van der Waals surface area (Å²) in [6, 6.07) is 0. The van der Waals surface area contributed by atoms with Crippen molar-refractivity contribution in [2.75, 3.05) is 18.0 Å². The van der Waals surface area contributed by atoms with Gasteiger partial charge in [0.05, 0.1) is 0 Å². The molecule has 0 radical (unpaired) electrons. The Balaban J connectivity index is 1.89. The molecule has 0 saturated carbocycles. The maximum absolute atomic E-state index is 13.8. The van der Waals surface area contributed by atoms with E-state index >= 15 is 0 Å². The number of nitrogens with zero attached hydrogens (tertiary/aromatic N) is 3. The van der Waals surface area contributed by atoms with Gasteiger partial charge in [0.25, 0.3) is 5.92 Å². The molecule has 0 amide bonds. The van der Waals surface area contributed by atoms with Gasteiger partial charge in [0.15, 0.2) is 0 Å². The van der Waals surface area contributed by atoms with E-state index in [2.05, 4.69) is 9.97 Å². The molecule has 114 valence electrons. The third kappa shape index (κ3) is 2.66. The first-order chi connectivity index (χ1) is 9.87. The normalized spacial score (nSPS) is 23.4. The van der Waals surface area contributed by atoms with Gasteiger partial charge in [0.1, 0.15) is 11.5 Å². The minimum absolute atomic E-state index is 0.00815. The molecular formula is C13H14ClF2N3O2. The summed E-state index contributed by atoms with van der Waals surface area (Å²) in [5.41, 5.74) is 0.166. The molecule has 1 aliphatic heterocycles. The van der Waals surface area contributed by atoms with Crippen molar-refractivity contribution >= 4 is 23.4 Å². The lowest BCUT2D eigenvalue weighted by atomic mass is 10.1. The van der Waals surface area contributed by atoms with Gasteiger partial charge in [0, 0.05) is 31.5 Å². The van der Waals surface area contributed by atoms with Crippen molar-refractivity contribution in [1.29, 1.82) is 0 Å². The lowest BCUT2D eigenvalue weighted by molar-refractivity contribution is -0.137. The van der Waals surface area contributed by atoms with Gasteiger partial charge in [-0.3, -0.25) is 4.79 Å². The largest absolute Gasteiger partial charge is 0.481 e. The average Bonchev–Trinajstić information content (AvgIpc) is 2.94. The predicted octanol–water partition coefficient (Wildman–Crippen LogP) is 2.47. The van der Waals surface area contributed by atoms with Crippen LogP contribution in [-0.2, 0) is 17.1 Å². The van der Waals surface area contributed by atoms with Gasteiger partial charge >= 0.3 is 5.97 Å². The molecule has 1 unspecified atom stereocenters. The number of carbonyl (C=O) groups is 1. The molecule has 2 heterocycles. The molecule has 1 saturated heterocycles. The summed E-state index contributed by atoms with van der Waals surface area (Å²) in [4.78, 5) is 20.4. The second kappa shape index (κ2) is 5.05. The lowest BCUT2D eigenvalue weighted by Crippen LogP contribution is -2.24. The average molecular weight is 318 g/mol. The number of aliphatic carboxylic acids is 1. The van der Waals surface area contributed by atoms with E-state index in [1.807, 2.05) is 4.90 Å². The van der Waals surface area contributed by atoms with Crippen molar-refractivity contribution in [3.8, 4) is 0 Å². The van der Waals surface area contributed by atoms with Crippen LogP contribution in [0.1, 0.15) is 30.5 Å². The van der Waals surface area contributed by atoms with Crippen LogP contribution in [0.2, 0.25) is 5.28 Å². The molecular weight excluding hydrogens is 304 g/mol. The maximum Gasteiger partial charge on any atom is 0.303 e. The number of halogens is 3. The molecule has 5 nitrogen and oxygen atoms in total. The van der Waals surface area contributed by atoms with Crippen molar-refractivity contribution in [2.24, 2.45) is 5.92 Å². The molecule has 2 aliphatic rings. The van der Waals surface area contributed by atoms with Crippen molar-refractivity contribution in [1.82, 2.24) is 9.97 Å². The van der Waals surface area contributed by atoms with Gasteiger partial charge in [-0.25, -0.2) is 9.97 Å². The Bertz CT molecular complexity index is 597. The van der Waals surface area contributed by atoms with Crippen molar-refractivity contribution in [3.63, 3.8) is 0 Å². The monoisotopic (exact) mass is 317 g/mol. The van der Waals surface area contributed by atoms with Crippen LogP contribution in [0.15, 0.2) is 0 Å². The van der Waals surface area contributed by atoms with Crippen LogP contribution in [0.25, 0.3) is 0 Å². The van der Waals surface area contributed by atoms with E-state index in [-0.39, 0.29) is 36.2 Å². The summed E-state index contributed by atoms with van der Waals surface area (Å²) in [6.07, 6.45) is 0.721. The number of rotatable bonds is 3. The molecule has 1 aromatic rings. The number of hydrogen-bond acceptors (Lipinski definition) is 4. The van der Waals surface area contributed by atoms with E-state index in [4.69, 9.17) is 16.7 Å². The second-order valence-electron chi connectivity index (χ2n) is 5.55. The van der Waals surface area contributed by atoms with E-state index in [0.29, 0.717) is 30.9 Å². The number of aromatic nitrogens is 2. The van der Waals surface area contributed by atoms with Crippen LogP contribution in [0.4, 0.5) is 14.6 Å². The Kier molecular flexibility index (Phi) is 3.47. The highest BCUT2D eigenvalue weighted by molar-refractivity contribution is 6.28. The summed E-state index contributed by atoms with van der Waals surface area (Å²) in [6.45, 7) is 1.10. The highest BCUT2D eigenvalue weighted by Crippen LogP contribution is 2.44. The van der Waals surface area contributed by atoms with E-state index < -0.39 is 11.9 Å². The molecule has 1 atom stereocenters. The van der Waals surface area contributed by atoms with Gasteiger partial charge in [-0.15, -0.1) is 0 Å². The number of alkyl halides is 2. The van der Waals surface area contributed by atoms with Crippen molar-refractivity contribution < 1.29 is 18.7 Å². The molecule has 3 rings (SSSR count). The first-order valence-electron chi connectivity index (χ1n) is 6.78. The summed E-state index contributed by atoms with van der Waals surface area (Å²) >= 11 is 5.78. The maximum atomic E-state index is 13.8. The Morgan fingerprint density at radius 2 is 2.24 bits per heavy atom. The van der Waals surface area contributed by atoms with E-state index in [0.717, 1.165) is 0 Å². The van der Waals surface area contributed by atoms with Crippen molar-refractivity contribution in [2.45, 2.75) is 31.6 Å². The zero-order valence-electron chi connectivity index (χ0n) is 11.2. The molecule has 21 heavy (non-hydrogen) atoms. The first kappa shape index (κ1) is 14.4. The molecule has 1 fully saturated rings. The quantitative estimate of drug-likeness (QED) is 0.868. The number of carboxylic acids is 1. The SMILES string of the molecule is O=C(O)CC1CCN(c2nc(Cl)nc3c2CCC3(F)F)C1. The zero-order chi connectivity index (χ0) is 15.2. The van der Waals surface area contributed by atoms with Crippen LogP contribution in [0.3, 0.4) is 0 Å². The standard InChI is InChI=1S/C13H14ClF2N3O2/c14-12-17-10-8(1-3-13(10,15)16)11(18-12)19-4-2-7(6-19)5-9(20)21/h7H,1-6H2,(H,20,21). The number of fused-ring (bicyclic) bond motifs is 1. The third-order valence-corrected chi connectivity index (χ3v) is 4.21. The van der Waals surface area contributed by atoms with E-state index in [1.54, 1.807) is 0 Å².